The summed E-state index contributed by atoms with van der Waals surface area (Å²) in [5, 5.41) is 0. The molecule has 0 amide bonds. The number of ether oxygens (including phenoxy) is 4. The first-order valence-electron chi connectivity index (χ1n) is 28.0. The SMILES string of the molecule is CCCCCCCCC1CCC2C3CC=C4CC(OC(=O)OCCOC(=O)OC5CCC6(C)C(=CCC7C6CCC6(C)C(CCCCCCCC)CCC76)C5)CCC4(C)C3CCC12C. The average molecular weight is 887 g/mol. The lowest BCUT2D eigenvalue weighted by Crippen LogP contribution is -2.50. The third-order valence-corrected chi connectivity index (χ3v) is 21.4. The van der Waals surface area contributed by atoms with Gasteiger partial charge in [-0.2, -0.15) is 0 Å². The van der Waals surface area contributed by atoms with Gasteiger partial charge in [-0.3, -0.25) is 0 Å². The van der Waals surface area contributed by atoms with Gasteiger partial charge in [-0.05, 0) is 172 Å². The second-order valence-corrected chi connectivity index (χ2v) is 24.4. The molecule has 0 aromatic carbocycles. The summed E-state index contributed by atoms with van der Waals surface area (Å²) in [6.07, 6.45) is 42.4. The van der Waals surface area contributed by atoms with Crippen molar-refractivity contribution in [3.8, 4) is 0 Å². The standard InChI is InChI=1S/C58H94O6/c1-7-9-11-13-15-17-19-41-23-27-49-47-25-21-43-39-45(29-33-57(43,5)51(47)31-35-55(41,49)3)63-53(59)61-37-38-62-54(60)64-46-30-34-58(6)44(40-46)22-26-48-50-28-24-42(20-18-16-14-12-10-8-2)56(50,4)36-32-52(48)58/h21-22,41-42,45-52H,7-20,23-40H2,1-6H3. The van der Waals surface area contributed by atoms with Crippen molar-refractivity contribution in [3.05, 3.63) is 23.3 Å². The molecule has 0 N–H and O–H groups in total. The molecule has 6 heteroatoms. The van der Waals surface area contributed by atoms with Crippen LogP contribution in [0.5, 0.6) is 0 Å². The van der Waals surface area contributed by atoms with Crippen molar-refractivity contribution in [3.63, 3.8) is 0 Å². The number of rotatable bonds is 19. The van der Waals surface area contributed by atoms with Gasteiger partial charge in [-0.1, -0.05) is 142 Å². The lowest BCUT2D eigenvalue weighted by atomic mass is 9.47. The molecule has 0 spiro atoms. The normalized spacial score (nSPS) is 40.9. The van der Waals surface area contributed by atoms with E-state index in [-0.39, 0.29) is 36.3 Å². The van der Waals surface area contributed by atoms with Crippen LogP contribution < -0.4 is 0 Å². The molecule has 0 aromatic rings. The highest BCUT2D eigenvalue weighted by Crippen LogP contribution is 2.68. The Morgan fingerprint density at radius 1 is 0.500 bits per heavy atom. The average Bonchev–Trinajstić information content (AvgIpc) is 3.80. The molecule has 0 aliphatic heterocycles. The van der Waals surface area contributed by atoms with Gasteiger partial charge in [0.15, 0.2) is 0 Å². The van der Waals surface area contributed by atoms with E-state index < -0.39 is 12.3 Å². The van der Waals surface area contributed by atoms with Crippen LogP contribution in [0.25, 0.3) is 0 Å². The Balaban J connectivity index is 0.731. The summed E-state index contributed by atoms with van der Waals surface area (Å²) in [4.78, 5) is 25.7. The fourth-order valence-electron chi connectivity index (χ4n) is 17.6. The van der Waals surface area contributed by atoms with Crippen LogP contribution in [0.3, 0.4) is 0 Å². The molecular formula is C58H94O6. The summed E-state index contributed by atoms with van der Waals surface area (Å²) in [7, 11) is 0. The van der Waals surface area contributed by atoms with E-state index in [1.54, 1.807) is 0 Å². The summed E-state index contributed by atoms with van der Waals surface area (Å²) >= 11 is 0. The van der Waals surface area contributed by atoms with Crippen molar-refractivity contribution in [2.75, 3.05) is 13.2 Å². The van der Waals surface area contributed by atoms with E-state index in [2.05, 4.69) is 53.7 Å². The summed E-state index contributed by atoms with van der Waals surface area (Å²) in [6.45, 7) is 15.0. The van der Waals surface area contributed by atoms with Gasteiger partial charge in [-0.25, -0.2) is 9.59 Å². The van der Waals surface area contributed by atoms with Crippen LogP contribution in [0.2, 0.25) is 0 Å². The third-order valence-electron chi connectivity index (χ3n) is 21.4. The summed E-state index contributed by atoms with van der Waals surface area (Å²) < 4.78 is 22.7. The lowest BCUT2D eigenvalue weighted by molar-refractivity contribution is -0.0600. The lowest BCUT2D eigenvalue weighted by Gasteiger charge is -2.58. The molecular weight excluding hydrogens is 793 g/mol. The Morgan fingerprint density at radius 3 is 1.33 bits per heavy atom. The first-order chi connectivity index (χ1) is 30.9. The first kappa shape index (κ1) is 48.5. The zero-order valence-electron chi connectivity index (χ0n) is 42.0. The van der Waals surface area contributed by atoms with Crippen LogP contribution in [0.1, 0.15) is 234 Å². The molecule has 6 saturated carbocycles. The van der Waals surface area contributed by atoms with Gasteiger partial charge in [0.25, 0.3) is 0 Å². The zero-order valence-corrected chi connectivity index (χ0v) is 42.0. The van der Waals surface area contributed by atoms with Gasteiger partial charge < -0.3 is 18.9 Å². The maximum Gasteiger partial charge on any atom is 0.508 e. The van der Waals surface area contributed by atoms with Crippen molar-refractivity contribution < 1.29 is 28.5 Å². The molecule has 0 saturated heterocycles. The molecule has 362 valence electrons. The Labute approximate surface area is 391 Å². The molecule has 14 atom stereocenters. The van der Waals surface area contributed by atoms with Crippen LogP contribution in [0.15, 0.2) is 23.3 Å². The largest absolute Gasteiger partial charge is 0.508 e. The van der Waals surface area contributed by atoms with Crippen LogP contribution >= 0.6 is 0 Å². The van der Waals surface area contributed by atoms with Gasteiger partial charge in [0.05, 0.1) is 0 Å². The molecule has 8 aliphatic carbocycles. The van der Waals surface area contributed by atoms with E-state index in [1.807, 2.05) is 0 Å². The number of carbonyl (C=O) groups excluding carboxylic acids is 2. The predicted molar refractivity (Wildman–Crippen MR) is 259 cm³/mol. The van der Waals surface area contributed by atoms with Crippen molar-refractivity contribution in [2.45, 2.75) is 246 Å². The van der Waals surface area contributed by atoms with Crippen molar-refractivity contribution >= 4 is 12.3 Å². The topological polar surface area (TPSA) is 71.1 Å². The second kappa shape index (κ2) is 21.1. The quantitative estimate of drug-likeness (QED) is 0.0731. The van der Waals surface area contributed by atoms with Crippen molar-refractivity contribution in [1.82, 2.24) is 0 Å². The molecule has 0 bridgehead atoms. The minimum absolute atomic E-state index is 0.0261. The number of fused-ring (bicyclic) bond motifs is 10. The van der Waals surface area contributed by atoms with Crippen LogP contribution in [-0.2, 0) is 18.9 Å². The monoisotopic (exact) mass is 887 g/mol. The summed E-state index contributed by atoms with van der Waals surface area (Å²) in [5.74, 6) is 6.67. The maximum absolute atomic E-state index is 12.9. The van der Waals surface area contributed by atoms with Crippen LogP contribution in [0, 0.1) is 69.0 Å². The molecule has 8 aliphatic rings. The van der Waals surface area contributed by atoms with E-state index >= 15 is 0 Å². The van der Waals surface area contributed by atoms with Gasteiger partial charge in [0.1, 0.15) is 25.4 Å². The predicted octanol–water partition coefficient (Wildman–Crippen LogP) is 16.7. The Kier molecular flexibility index (Phi) is 16.0. The fourth-order valence-corrected chi connectivity index (χ4v) is 17.6. The van der Waals surface area contributed by atoms with Gasteiger partial charge in [-0.15, -0.1) is 0 Å². The number of hydrogen-bond donors (Lipinski definition) is 0. The van der Waals surface area contributed by atoms with E-state index in [0.29, 0.717) is 10.8 Å². The molecule has 0 heterocycles. The van der Waals surface area contributed by atoms with Crippen molar-refractivity contribution in [2.24, 2.45) is 69.0 Å². The Bertz CT molecular complexity index is 1520. The highest BCUT2D eigenvalue weighted by Gasteiger charge is 2.60. The number of allylic oxidation sites excluding steroid dienone is 2. The first-order valence-corrected chi connectivity index (χ1v) is 28.0. The number of carbonyl (C=O) groups is 2. The molecule has 8 rings (SSSR count). The summed E-state index contributed by atoms with van der Waals surface area (Å²) in [6, 6.07) is 0. The summed E-state index contributed by atoms with van der Waals surface area (Å²) in [5.41, 5.74) is 4.52. The third kappa shape index (κ3) is 9.94. The zero-order chi connectivity index (χ0) is 45.0. The van der Waals surface area contributed by atoms with Crippen LogP contribution in [0.4, 0.5) is 9.59 Å². The van der Waals surface area contributed by atoms with Crippen molar-refractivity contribution in [1.29, 1.82) is 0 Å². The molecule has 64 heavy (non-hydrogen) atoms. The van der Waals surface area contributed by atoms with E-state index in [1.165, 1.54) is 165 Å². The smallest absolute Gasteiger partial charge is 0.431 e. The highest BCUT2D eigenvalue weighted by molar-refractivity contribution is 5.61. The molecule has 0 radical (unpaired) electrons. The van der Waals surface area contributed by atoms with Gasteiger partial charge in [0, 0.05) is 12.8 Å². The fraction of sp³-hybridized carbons (Fsp3) is 0.897. The van der Waals surface area contributed by atoms with Crippen LogP contribution in [-0.4, -0.2) is 37.7 Å². The van der Waals surface area contributed by atoms with E-state index in [9.17, 15) is 9.59 Å². The number of unbranched alkanes of at least 4 members (excludes halogenated alkanes) is 10. The minimum Gasteiger partial charge on any atom is -0.431 e. The number of hydrogen-bond acceptors (Lipinski definition) is 6. The van der Waals surface area contributed by atoms with E-state index in [0.717, 1.165) is 85.9 Å². The molecule has 14 unspecified atom stereocenters. The highest BCUT2D eigenvalue weighted by atomic mass is 16.8. The molecule has 6 fully saturated rings. The Morgan fingerprint density at radius 2 is 0.906 bits per heavy atom. The molecule has 6 nitrogen and oxygen atoms in total. The van der Waals surface area contributed by atoms with Gasteiger partial charge >= 0.3 is 12.3 Å². The van der Waals surface area contributed by atoms with Gasteiger partial charge in [0.2, 0.25) is 0 Å². The second-order valence-electron chi connectivity index (χ2n) is 24.4. The molecule has 0 aromatic heterocycles. The minimum atomic E-state index is -0.654. The van der Waals surface area contributed by atoms with E-state index in [4.69, 9.17) is 18.9 Å². The maximum atomic E-state index is 12.9. The Hall–Kier alpha value is -1.98.